The summed E-state index contributed by atoms with van der Waals surface area (Å²) in [5, 5.41) is 0. The monoisotopic (exact) mass is 403 g/mol. The largest absolute Gasteiger partial charge is 0.467 e. The van der Waals surface area contributed by atoms with Crippen LogP contribution in [0.3, 0.4) is 0 Å². The van der Waals surface area contributed by atoms with Gasteiger partial charge in [0, 0.05) is 39.0 Å². The van der Waals surface area contributed by atoms with Crippen LogP contribution in [-0.4, -0.2) is 53.0 Å². The lowest BCUT2D eigenvalue weighted by Gasteiger charge is -2.27. The Balaban J connectivity index is 2.08. The van der Waals surface area contributed by atoms with Crippen molar-refractivity contribution in [3.8, 4) is 0 Å². The summed E-state index contributed by atoms with van der Waals surface area (Å²) < 4.78 is 12.6. The molecule has 0 saturated carbocycles. The molecule has 0 radical (unpaired) electrons. The van der Waals surface area contributed by atoms with E-state index in [0.717, 1.165) is 25.0 Å². The average Bonchev–Trinajstić information content (AvgIpc) is 3.36. The van der Waals surface area contributed by atoms with Crippen LogP contribution in [0.25, 0.3) is 0 Å². The van der Waals surface area contributed by atoms with Crippen LogP contribution < -0.4 is 0 Å². The minimum Gasteiger partial charge on any atom is -0.467 e. The van der Waals surface area contributed by atoms with E-state index >= 15 is 0 Å². The summed E-state index contributed by atoms with van der Waals surface area (Å²) in [5.74, 6) is 0.605. The topological polar surface area (TPSA) is 67.9 Å². The van der Waals surface area contributed by atoms with Crippen LogP contribution in [0.5, 0.6) is 0 Å². The van der Waals surface area contributed by atoms with Gasteiger partial charge in [-0.2, -0.15) is 0 Å². The van der Waals surface area contributed by atoms with Crippen LogP contribution in [0.2, 0.25) is 0 Å². The highest BCUT2D eigenvalue weighted by molar-refractivity contribution is 5.84. The van der Waals surface area contributed by atoms with Crippen LogP contribution in [0.4, 0.5) is 0 Å². The number of furan rings is 1. The summed E-state index contributed by atoms with van der Waals surface area (Å²) >= 11 is 0. The Hall–Kier alpha value is -2.54. The molecule has 7 heteroatoms. The van der Waals surface area contributed by atoms with E-state index in [0.29, 0.717) is 38.4 Å². The molecule has 0 aliphatic rings. The molecular weight excluding hydrogens is 370 g/mol. The molecule has 0 fully saturated rings. The number of nitrogens with zero attached hydrogens (tertiary/aromatic N) is 3. The van der Waals surface area contributed by atoms with E-state index in [1.165, 1.54) is 0 Å². The van der Waals surface area contributed by atoms with Gasteiger partial charge in [0.1, 0.15) is 5.76 Å². The lowest BCUT2D eigenvalue weighted by molar-refractivity contribution is -0.142. The van der Waals surface area contributed by atoms with Crippen LogP contribution >= 0.6 is 0 Å². The molecule has 0 atom stereocenters. The molecule has 160 valence electrons. The predicted molar refractivity (Wildman–Crippen MR) is 111 cm³/mol. The third-order valence-corrected chi connectivity index (χ3v) is 4.92. The smallest absolute Gasteiger partial charge is 0.242 e. The van der Waals surface area contributed by atoms with Crippen molar-refractivity contribution in [3.05, 3.63) is 48.2 Å². The fraction of sp³-hybridized carbons (Fsp3) is 0.545. The third kappa shape index (κ3) is 7.42. The van der Waals surface area contributed by atoms with Gasteiger partial charge < -0.3 is 23.5 Å². The van der Waals surface area contributed by atoms with E-state index in [2.05, 4.69) is 6.92 Å². The van der Waals surface area contributed by atoms with E-state index in [1.807, 2.05) is 42.1 Å². The van der Waals surface area contributed by atoms with Crippen LogP contribution in [0, 0.1) is 0 Å². The van der Waals surface area contributed by atoms with Gasteiger partial charge in [0.25, 0.3) is 0 Å². The van der Waals surface area contributed by atoms with E-state index < -0.39 is 0 Å². The molecule has 7 nitrogen and oxygen atoms in total. The molecule has 29 heavy (non-hydrogen) atoms. The average molecular weight is 404 g/mol. The van der Waals surface area contributed by atoms with Gasteiger partial charge in [0.2, 0.25) is 11.8 Å². The normalized spacial score (nSPS) is 10.9. The highest BCUT2D eigenvalue weighted by Gasteiger charge is 2.22. The van der Waals surface area contributed by atoms with Gasteiger partial charge in [-0.1, -0.05) is 19.8 Å². The van der Waals surface area contributed by atoms with Crippen LogP contribution in [0.15, 0.2) is 41.1 Å². The molecule has 2 amide bonds. The molecule has 2 heterocycles. The maximum absolute atomic E-state index is 13.2. The van der Waals surface area contributed by atoms with Gasteiger partial charge in [-0.15, -0.1) is 0 Å². The number of hydrogen-bond donors (Lipinski definition) is 0. The van der Waals surface area contributed by atoms with E-state index in [1.54, 1.807) is 23.2 Å². The Kier molecular flexibility index (Phi) is 9.50. The van der Waals surface area contributed by atoms with Gasteiger partial charge in [-0.25, -0.2) is 0 Å². The molecule has 0 bridgehead atoms. The van der Waals surface area contributed by atoms with Crippen molar-refractivity contribution < 1.29 is 18.7 Å². The lowest BCUT2D eigenvalue weighted by Crippen LogP contribution is -2.43. The van der Waals surface area contributed by atoms with Crippen molar-refractivity contribution in [3.63, 3.8) is 0 Å². The number of aryl methyl sites for hydroxylation is 1. The second-order valence-electron chi connectivity index (χ2n) is 7.20. The summed E-state index contributed by atoms with van der Waals surface area (Å²) in [6, 6.07) is 7.60. The molecule has 0 aliphatic heterocycles. The van der Waals surface area contributed by atoms with E-state index in [4.69, 9.17) is 9.15 Å². The maximum atomic E-state index is 13.2. The fourth-order valence-electron chi connectivity index (χ4n) is 3.12. The summed E-state index contributed by atoms with van der Waals surface area (Å²) in [7, 11) is 3.55. The summed E-state index contributed by atoms with van der Waals surface area (Å²) in [6.07, 6.45) is 6.91. The van der Waals surface area contributed by atoms with Crippen LogP contribution in [-0.2, 0) is 34.5 Å². The van der Waals surface area contributed by atoms with Crippen molar-refractivity contribution in [2.75, 3.05) is 26.8 Å². The molecule has 0 aliphatic carbocycles. The fourth-order valence-corrected chi connectivity index (χ4v) is 3.12. The Morgan fingerprint density at radius 2 is 1.93 bits per heavy atom. The third-order valence-electron chi connectivity index (χ3n) is 4.92. The minimum atomic E-state index is -0.109. The molecule has 0 saturated heterocycles. The SMILES string of the molecule is CCCCCC(=O)N(CCOC)CC(=O)N(Cc1ccco1)Cc1cccn1C. The number of aromatic nitrogens is 1. The summed E-state index contributed by atoms with van der Waals surface area (Å²) in [5.41, 5.74) is 1.02. The first-order valence-corrected chi connectivity index (χ1v) is 10.2. The van der Waals surface area contributed by atoms with Crippen molar-refractivity contribution in [2.45, 2.75) is 45.7 Å². The minimum absolute atomic E-state index is 0.000616. The van der Waals surface area contributed by atoms with Crippen LogP contribution in [0.1, 0.15) is 44.1 Å². The second kappa shape index (κ2) is 12.1. The van der Waals surface area contributed by atoms with E-state index in [-0.39, 0.29) is 18.4 Å². The lowest BCUT2D eigenvalue weighted by atomic mass is 10.2. The first-order chi connectivity index (χ1) is 14.0. The second-order valence-corrected chi connectivity index (χ2v) is 7.20. The van der Waals surface area contributed by atoms with Gasteiger partial charge in [0.15, 0.2) is 0 Å². The maximum Gasteiger partial charge on any atom is 0.242 e. The van der Waals surface area contributed by atoms with Gasteiger partial charge in [-0.05, 0) is 30.7 Å². The molecule has 0 unspecified atom stereocenters. The zero-order valence-electron chi connectivity index (χ0n) is 17.8. The molecular formula is C22H33N3O4. The first kappa shape index (κ1) is 22.7. The molecule has 0 spiro atoms. The van der Waals surface area contributed by atoms with Crippen molar-refractivity contribution >= 4 is 11.8 Å². The number of ether oxygens (including phenoxy) is 1. The standard InChI is InChI=1S/C22H33N3O4/c1-4-5-6-11-21(26)24(13-15-28-3)18-22(27)25(17-20-10-8-14-29-20)16-19-9-7-12-23(19)2/h7-10,12,14H,4-6,11,13,15-18H2,1-3H3. The predicted octanol–water partition coefficient (Wildman–Crippen LogP) is 3.20. The van der Waals surface area contributed by atoms with Crippen molar-refractivity contribution in [1.82, 2.24) is 14.4 Å². The summed E-state index contributed by atoms with van der Waals surface area (Å²) in [4.78, 5) is 29.1. The molecule has 2 aromatic rings. The first-order valence-electron chi connectivity index (χ1n) is 10.2. The van der Waals surface area contributed by atoms with E-state index in [9.17, 15) is 9.59 Å². The molecule has 0 N–H and O–H groups in total. The highest BCUT2D eigenvalue weighted by Crippen LogP contribution is 2.13. The van der Waals surface area contributed by atoms with Gasteiger partial charge in [0.05, 0.1) is 32.5 Å². The Morgan fingerprint density at radius 3 is 2.55 bits per heavy atom. The van der Waals surface area contributed by atoms with Gasteiger partial charge in [-0.3, -0.25) is 9.59 Å². The number of amides is 2. The number of hydrogen-bond acceptors (Lipinski definition) is 4. The van der Waals surface area contributed by atoms with Crippen molar-refractivity contribution in [1.29, 1.82) is 0 Å². The number of carbonyl (C=O) groups is 2. The summed E-state index contributed by atoms with van der Waals surface area (Å²) in [6.45, 7) is 3.77. The number of unbranched alkanes of at least 4 members (excludes halogenated alkanes) is 2. The number of carbonyl (C=O) groups excluding carboxylic acids is 2. The van der Waals surface area contributed by atoms with Crippen molar-refractivity contribution in [2.24, 2.45) is 7.05 Å². The Bertz CT molecular complexity index is 739. The molecule has 2 aromatic heterocycles. The highest BCUT2D eigenvalue weighted by atomic mass is 16.5. The number of methoxy groups -OCH3 is 1. The molecule has 0 aromatic carbocycles. The Morgan fingerprint density at radius 1 is 1.10 bits per heavy atom. The number of rotatable bonds is 13. The molecule has 2 rings (SSSR count). The Labute approximate surface area is 173 Å². The zero-order chi connectivity index (χ0) is 21.1. The zero-order valence-corrected chi connectivity index (χ0v) is 17.8. The van der Waals surface area contributed by atoms with Gasteiger partial charge >= 0.3 is 0 Å². The quantitative estimate of drug-likeness (QED) is 0.482.